The van der Waals surface area contributed by atoms with Crippen LogP contribution in [0.25, 0.3) is 0 Å². The van der Waals surface area contributed by atoms with E-state index in [0.717, 1.165) is 30.8 Å². The molecular weight excluding hydrogens is 278 g/mol. The zero-order valence-electron chi connectivity index (χ0n) is 13.1. The molecule has 2 aliphatic rings. The monoisotopic (exact) mass is 301 g/mol. The zero-order valence-corrected chi connectivity index (χ0v) is 13.1. The molecule has 0 amide bonds. The molecule has 118 valence electrons. The summed E-state index contributed by atoms with van der Waals surface area (Å²) in [6.07, 6.45) is 12.4. The molecule has 1 unspecified atom stereocenters. The van der Waals surface area contributed by atoms with E-state index in [1.165, 1.54) is 32.1 Å². The normalized spacial score (nSPS) is 22.6. The van der Waals surface area contributed by atoms with Crippen molar-refractivity contribution < 1.29 is 4.52 Å². The van der Waals surface area contributed by atoms with Gasteiger partial charge < -0.3 is 9.09 Å². The molecule has 2 aromatic heterocycles. The summed E-state index contributed by atoms with van der Waals surface area (Å²) >= 11 is 0. The number of rotatable bonds is 4. The van der Waals surface area contributed by atoms with Crippen LogP contribution in [-0.2, 0) is 0 Å². The second kappa shape index (κ2) is 5.83. The molecule has 0 N–H and O–H groups in total. The largest absolute Gasteiger partial charge is 0.339 e. The quantitative estimate of drug-likeness (QED) is 0.868. The van der Waals surface area contributed by atoms with Crippen LogP contribution in [0.1, 0.15) is 62.7 Å². The van der Waals surface area contributed by atoms with Gasteiger partial charge in [0.15, 0.2) is 5.82 Å². The number of hydrogen-bond donors (Lipinski definition) is 0. The Morgan fingerprint density at radius 3 is 2.77 bits per heavy atom. The van der Waals surface area contributed by atoms with E-state index in [1.54, 1.807) is 12.5 Å². The fraction of sp³-hybridized carbons (Fsp3) is 0.688. The van der Waals surface area contributed by atoms with Crippen LogP contribution in [0, 0.1) is 0 Å². The first kappa shape index (κ1) is 13.9. The van der Waals surface area contributed by atoms with E-state index < -0.39 is 0 Å². The van der Waals surface area contributed by atoms with Crippen molar-refractivity contribution in [2.24, 2.45) is 0 Å². The van der Waals surface area contributed by atoms with Crippen molar-refractivity contribution in [3.8, 4) is 0 Å². The lowest BCUT2D eigenvalue weighted by Crippen LogP contribution is -2.51. The third kappa shape index (κ3) is 2.56. The molecule has 1 aliphatic carbocycles. The van der Waals surface area contributed by atoms with Gasteiger partial charge in [-0.05, 0) is 19.8 Å². The third-order valence-corrected chi connectivity index (χ3v) is 5.15. The van der Waals surface area contributed by atoms with E-state index in [2.05, 4.69) is 26.9 Å². The Hall–Kier alpha value is -1.69. The van der Waals surface area contributed by atoms with Crippen molar-refractivity contribution in [1.29, 1.82) is 0 Å². The standard InChI is InChI=1S/C16H23N5O/c1-12(20-8-7-17-11-20)15-18-16(22-19-15)13-9-21(10-13)14-5-3-2-4-6-14/h7-8,11-14H,2-6,9-10H2,1H3. The van der Waals surface area contributed by atoms with E-state index in [4.69, 9.17) is 4.52 Å². The lowest BCUT2D eigenvalue weighted by Gasteiger charge is -2.44. The molecule has 3 heterocycles. The maximum atomic E-state index is 5.50. The smallest absolute Gasteiger partial charge is 0.232 e. The van der Waals surface area contributed by atoms with Gasteiger partial charge in [-0.25, -0.2) is 4.98 Å². The van der Waals surface area contributed by atoms with Gasteiger partial charge in [0.05, 0.1) is 18.3 Å². The fourth-order valence-corrected chi connectivity index (χ4v) is 3.63. The van der Waals surface area contributed by atoms with Gasteiger partial charge in [-0.15, -0.1) is 0 Å². The van der Waals surface area contributed by atoms with Gasteiger partial charge in [-0.1, -0.05) is 24.4 Å². The highest BCUT2D eigenvalue weighted by molar-refractivity contribution is 5.06. The molecule has 0 radical (unpaired) electrons. The summed E-state index contributed by atoms with van der Waals surface area (Å²) in [7, 11) is 0. The lowest BCUT2D eigenvalue weighted by atomic mass is 9.89. The van der Waals surface area contributed by atoms with Gasteiger partial charge in [0, 0.05) is 31.5 Å². The summed E-state index contributed by atoms with van der Waals surface area (Å²) in [6, 6.07) is 0.854. The fourth-order valence-electron chi connectivity index (χ4n) is 3.63. The Labute approximate surface area is 130 Å². The number of imidazole rings is 1. The first-order valence-corrected chi connectivity index (χ1v) is 8.36. The second-order valence-electron chi connectivity index (χ2n) is 6.62. The molecule has 0 spiro atoms. The van der Waals surface area contributed by atoms with Gasteiger partial charge in [-0.2, -0.15) is 4.98 Å². The summed E-state index contributed by atoms with van der Waals surface area (Å²) in [5.41, 5.74) is 0. The average molecular weight is 301 g/mol. The molecule has 1 atom stereocenters. The van der Waals surface area contributed by atoms with Crippen LogP contribution in [-0.4, -0.2) is 43.7 Å². The van der Waals surface area contributed by atoms with Crippen LogP contribution in [0.3, 0.4) is 0 Å². The molecule has 2 aromatic rings. The Balaban J connectivity index is 1.37. The van der Waals surface area contributed by atoms with Crippen molar-refractivity contribution >= 4 is 0 Å². The van der Waals surface area contributed by atoms with Crippen molar-refractivity contribution in [2.45, 2.75) is 57.0 Å². The highest BCUT2D eigenvalue weighted by Gasteiger charge is 2.37. The Morgan fingerprint density at radius 2 is 2.05 bits per heavy atom. The van der Waals surface area contributed by atoms with Crippen LogP contribution in [0.4, 0.5) is 0 Å². The number of aromatic nitrogens is 4. The van der Waals surface area contributed by atoms with E-state index in [1.807, 2.05) is 10.8 Å². The number of likely N-dealkylation sites (tertiary alicyclic amines) is 1. The minimum atomic E-state index is 0.0644. The molecule has 0 bridgehead atoms. The van der Waals surface area contributed by atoms with Crippen LogP contribution < -0.4 is 0 Å². The highest BCUT2D eigenvalue weighted by Crippen LogP contribution is 2.33. The molecule has 0 aromatic carbocycles. The molecule has 1 saturated carbocycles. The van der Waals surface area contributed by atoms with Crippen molar-refractivity contribution in [2.75, 3.05) is 13.1 Å². The second-order valence-corrected chi connectivity index (χ2v) is 6.62. The van der Waals surface area contributed by atoms with E-state index in [0.29, 0.717) is 5.92 Å². The topological polar surface area (TPSA) is 60.0 Å². The lowest BCUT2D eigenvalue weighted by molar-refractivity contribution is 0.0563. The average Bonchev–Trinajstić information content (AvgIpc) is 3.18. The van der Waals surface area contributed by atoms with Crippen molar-refractivity contribution in [1.82, 2.24) is 24.6 Å². The molecule has 6 heteroatoms. The number of nitrogens with zero attached hydrogens (tertiary/aromatic N) is 5. The maximum Gasteiger partial charge on any atom is 0.232 e. The van der Waals surface area contributed by atoms with E-state index in [9.17, 15) is 0 Å². The molecule has 1 saturated heterocycles. The zero-order chi connectivity index (χ0) is 14.9. The molecule has 2 fully saturated rings. The Morgan fingerprint density at radius 1 is 1.23 bits per heavy atom. The molecule has 6 nitrogen and oxygen atoms in total. The van der Waals surface area contributed by atoms with Crippen LogP contribution >= 0.6 is 0 Å². The molecule has 22 heavy (non-hydrogen) atoms. The third-order valence-electron chi connectivity index (χ3n) is 5.15. The maximum absolute atomic E-state index is 5.50. The van der Waals surface area contributed by atoms with Crippen molar-refractivity contribution in [3.05, 3.63) is 30.4 Å². The van der Waals surface area contributed by atoms with Gasteiger partial charge in [0.1, 0.15) is 0 Å². The highest BCUT2D eigenvalue weighted by atomic mass is 16.5. The molecular formula is C16H23N5O. The van der Waals surface area contributed by atoms with E-state index >= 15 is 0 Å². The van der Waals surface area contributed by atoms with Crippen molar-refractivity contribution in [3.63, 3.8) is 0 Å². The summed E-state index contributed by atoms with van der Waals surface area (Å²) in [6.45, 7) is 4.21. The molecule has 4 rings (SSSR count). The molecule has 1 aliphatic heterocycles. The van der Waals surface area contributed by atoms with Crippen LogP contribution in [0.5, 0.6) is 0 Å². The first-order valence-electron chi connectivity index (χ1n) is 8.36. The SMILES string of the molecule is CC(c1noc(C2CN(C3CCCCC3)C2)n1)n1ccnc1. The summed E-state index contributed by atoms with van der Waals surface area (Å²) in [5.74, 6) is 1.95. The number of hydrogen-bond acceptors (Lipinski definition) is 5. The minimum Gasteiger partial charge on any atom is -0.339 e. The minimum absolute atomic E-state index is 0.0644. The first-order chi connectivity index (χ1) is 10.8. The van der Waals surface area contributed by atoms with E-state index in [-0.39, 0.29) is 6.04 Å². The predicted octanol–water partition coefficient (Wildman–Crippen LogP) is 2.61. The predicted molar refractivity (Wildman–Crippen MR) is 81.5 cm³/mol. The van der Waals surface area contributed by atoms with Gasteiger partial charge in [0.25, 0.3) is 0 Å². The summed E-state index contributed by atoms with van der Waals surface area (Å²) in [4.78, 5) is 11.3. The Kier molecular flexibility index (Phi) is 3.70. The summed E-state index contributed by atoms with van der Waals surface area (Å²) < 4.78 is 7.49. The van der Waals surface area contributed by atoms with Crippen LogP contribution in [0.2, 0.25) is 0 Å². The van der Waals surface area contributed by atoms with Gasteiger partial charge in [0.2, 0.25) is 5.89 Å². The summed E-state index contributed by atoms with van der Waals surface area (Å²) in [5, 5.41) is 4.16. The van der Waals surface area contributed by atoms with Gasteiger partial charge in [-0.3, -0.25) is 4.90 Å². The van der Waals surface area contributed by atoms with Crippen LogP contribution in [0.15, 0.2) is 23.2 Å². The van der Waals surface area contributed by atoms with Gasteiger partial charge >= 0.3 is 0 Å². The Bertz CT molecular complexity index is 596.